The predicted molar refractivity (Wildman–Crippen MR) is 68.0 cm³/mol. The van der Waals surface area contributed by atoms with Gasteiger partial charge in [-0.05, 0) is 30.7 Å². The Hall–Kier alpha value is -2.29. The zero-order valence-electron chi connectivity index (χ0n) is 9.50. The van der Waals surface area contributed by atoms with Crippen LogP contribution in [0.15, 0.2) is 54.9 Å². The van der Waals surface area contributed by atoms with E-state index < -0.39 is 5.97 Å². The number of benzene rings is 1. The van der Waals surface area contributed by atoms with Gasteiger partial charge in [0.1, 0.15) is 0 Å². The van der Waals surface area contributed by atoms with Gasteiger partial charge in [-0.15, -0.1) is 0 Å². The van der Waals surface area contributed by atoms with Crippen LogP contribution in [0.4, 0.5) is 5.69 Å². The number of anilines is 1. The van der Waals surface area contributed by atoms with Gasteiger partial charge in [-0.1, -0.05) is 24.3 Å². The van der Waals surface area contributed by atoms with E-state index in [2.05, 4.69) is 0 Å². The van der Waals surface area contributed by atoms with E-state index in [-0.39, 0.29) is 0 Å². The lowest BCUT2D eigenvalue weighted by Gasteiger charge is -2.19. The number of allylic oxidation sites excluding steroid dienone is 4. The summed E-state index contributed by atoms with van der Waals surface area (Å²) in [5.41, 5.74) is 1.94. The molecule has 1 aromatic carbocycles. The van der Waals surface area contributed by atoms with E-state index in [0.717, 1.165) is 5.56 Å². The van der Waals surface area contributed by atoms with Crippen LogP contribution in [0.3, 0.4) is 0 Å². The Morgan fingerprint density at radius 2 is 1.76 bits per heavy atom. The summed E-state index contributed by atoms with van der Waals surface area (Å²) in [5, 5.41) is 9.20. The van der Waals surface area contributed by atoms with Gasteiger partial charge in [0.2, 0.25) is 0 Å². The average molecular weight is 227 g/mol. The highest BCUT2D eigenvalue weighted by Crippen LogP contribution is 2.26. The quantitative estimate of drug-likeness (QED) is 0.844. The number of aromatic carboxylic acids is 1. The molecule has 1 aromatic rings. The fourth-order valence-corrected chi connectivity index (χ4v) is 1.79. The number of carboxylic acids is 1. The number of nitrogens with zero attached hydrogens (tertiary/aromatic N) is 1. The predicted octanol–water partition coefficient (Wildman–Crippen LogP) is 3.10. The van der Waals surface area contributed by atoms with Crippen LogP contribution >= 0.6 is 0 Å². The number of para-hydroxylation sites is 1. The maximum absolute atomic E-state index is 11.2. The molecule has 0 radical (unpaired) electrons. The van der Waals surface area contributed by atoms with E-state index in [1.54, 1.807) is 12.1 Å². The molecule has 0 unspecified atom stereocenters. The maximum atomic E-state index is 11.2. The zero-order valence-corrected chi connectivity index (χ0v) is 9.50. The summed E-state index contributed by atoms with van der Waals surface area (Å²) < 4.78 is 0. The Labute approximate surface area is 100.0 Å². The standard InChI is InChI=1S/C14H13NO2/c1-11-7-6-8-12(14(16)17)13(11)15-9-4-2-3-5-10-15/h2-10H,1H3,(H,16,17). The second-order valence-corrected chi connectivity index (χ2v) is 3.75. The first-order chi connectivity index (χ1) is 8.20. The van der Waals surface area contributed by atoms with Crippen molar-refractivity contribution in [1.29, 1.82) is 0 Å². The van der Waals surface area contributed by atoms with Crippen LogP contribution in [0.25, 0.3) is 0 Å². The summed E-state index contributed by atoms with van der Waals surface area (Å²) in [6.45, 7) is 1.90. The van der Waals surface area contributed by atoms with Crippen molar-refractivity contribution in [1.82, 2.24) is 0 Å². The summed E-state index contributed by atoms with van der Waals surface area (Å²) in [5.74, 6) is -0.914. The number of carboxylic acid groups (broad SMARTS) is 1. The molecule has 17 heavy (non-hydrogen) atoms. The lowest BCUT2D eigenvalue weighted by molar-refractivity contribution is 0.0697. The lowest BCUT2D eigenvalue weighted by Crippen LogP contribution is -2.13. The molecule has 3 nitrogen and oxygen atoms in total. The van der Waals surface area contributed by atoms with Crippen molar-refractivity contribution in [3.63, 3.8) is 0 Å². The van der Waals surface area contributed by atoms with Crippen molar-refractivity contribution >= 4 is 11.7 Å². The van der Waals surface area contributed by atoms with Gasteiger partial charge in [0.25, 0.3) is 0 Å². The van der Waals surface area contributed by atoms with E-state index >= 15 is 0 Å². The maximum Gasteiger partial charge on any atom is 0.337 e. The molecule has 0 saturated heterocycles. The third-order valence-electron chi connectivity index (χ3n) is 2.55. The third-order valence-corrected chi connectivity index (χ3v) is 2.55. The summed E-state index contributed by atoms with van der Waals surface area (Å²) in [6.07, 6.45) is 11.2. The highest BCUT2D eigenvalue weighted by molar-refractivity contribution is 5.96. The van der Waals surface area contributed by atoms with Gasteiger partial charge in [-0.2, -0.15) is 0 Å². The van der Waals surface area contributed by atoms with Gasteiger partial charge in [0.05, 0.1) is 11.3 Å². The third kappa shape index (κ3) is 2.28. The van der Waals surface area contributed by atoms with E-state index in [9.17, 15) is 9.90 Å². The van der Waals surface area contributed by atoms with Gasteiger partial charge in [-0.3, -0.25) is 0 Å². The van der Waals surface area contributed by atoms with Crippen molar-refractivity contribution < 1.29 is 9.90 Å². The molecule has 0 spiro atoms. The summed E-state index contributed by atoms with van der Waals surface area (Å²) >= 11 is 0. The summed E-state index contributed by atoms with van der Waals surface area (Å²) in [4.78, 5) is 13.0. The van der Waals surface area contributed by atoms with Crippen LogP contribution in [0.5, 0.6) is 0 Å². The number of carbonyl (C=O) groups is 1. The number of rotatable bonds is 2. The Morgan fingerprint density at radius 1 is 1.12 bits per heavy atom. The van der Waals surface area contributed by atoms with E-state index in [4.69, 9.17) is 0 Å². The molecule has 86 valence electrons. The van der Waals surface area contributed by atoms with Gasteiger partial charge in [0.15, 0.2) is 0 Å². The minimum absolute atomic E-state index is 0.307. The van der Waals surface area contributed by atoms with Crippen LogP contribution in [0.1, 0.15) is 15.9 Å². The van der Waals surface area contributed by atoms with Crippen molar-refractivity contribution in [2.75, 3.05) is 4.90 Å². The normalized spacial score (nSPS) is 13.8. The second kappa shape index (κ2) is 4.70. The van der Waals surface area contributed by atoms with Crippen LogP contribution < -0.4 is 4.90 Å². The first-order valence-corrected chi connectivity index (χ1v) is 5.33. The molecule has 2 rings (SSSR count). The topological polar surface area (TPSA) is 40.5 Å². The van der Waals surface area contributed by atoms with E-state index in [0.29, 0.717) is 11.3 Å². The molecule has 0 amide bonds. The smallest absolute Gasteiger partial charge is 0.337 e. The van der Waals surface area contributed by atoms with Crippen molar-refractivity contribution in [3.8, 4) is 0 Å². The fourth-order valence-electron chi connectivity index (χ4n) is 1.79. The fraction of sp³-hybridized carbons (Fsp3) is 0.0714. The van der Waals surface area contributed by atoms with Crippen molar-refractivity contribution in [2.45, 2.75) is 6.92 Å². The number of hydrogen-bond donors (Lipinski definition) is 1. The molecule has 0 saturated carbocycles. The SMILES string of the molecule is Cc1cccc(C(=O)O)c1N1C=CC=CC=C1. The van der Waals surface area contributed by atoms with Crippen molar-refractivity contribution in [3.05, 3.63) is 66.0 Å². The molecular weight excluding hydrogens is 214 g/mol. The van der Waals surface area contributed by atoms with Gasteiger partial charge in [-0.25, -0.2) is 4.79 Å². The molecular formula is C14H13NO2. The highest BCUT2D eigenvalue weighted by Gasteiger charge is 2.15. The average Bonchev–Trinajstić information content (AvgIpc) is 2.57. The Kier molecular flexibility index (Phi) is 3.10. The molecule has 1 heterocycles. The van der Waals surface area contributed by atoms with Gasteiger partial charge >= 0.3 is 5.97 Å². The lowest BCUT2D eigenvalue weighted by atomic mass is 10.1. The Balaban J connectivity index is 2.54. The highest BCUT2D eigenvalue weighted by atomic mass is 16.4. The van der Waals surface area contributed by atoms with Gasteiger partial charge < -0.3 is 10.0 Å². The first-order valence-electron chi connectivity index (χ1n) is 5.33. The van der Waals surface area contributed by atoms with Gasteiger partial charge in [0, 0.05) is 12.4 Å². The number of hydrogen-bond acceptors (Lipinski definition) is 2. The molecule has 1 aliphatic rings. The monoisotopic (exact) mass is 227 g/mol. The Bertz CT molecular complexity index is 511. The molecule has 1 N–H and O–H groups in total. The van der Waals surface area contributed by atoms with Crippen LogP contribution in [-0.4, -0.2) is 11.1 Å². The molecule has 1 aliphatic heterocycles. The minimum atomic E-state index is -0.914. The number of aryl methyl sites for hydroxylation is 1. The molecule has 0 bridgehead atoms. The van der Waals surface area contributed by atoms with Crippen LogP contribution in [0, 0.1) is 6.92 Å². The first kappa shape index (κ1) is 11.2. The van der Waals surface area contributed by atoms with Crippen LogP contribution in [-0.2, 0) is 0 Å². The summed E-state index contributed by atoms with van der Waals surface area (Å²) in [7, 11) is 0. The Morgan fingerprint density at radius 3 is 2.35 bits per heavy atom. The second-order valence-electron chi connectivity index (χ2n) is 3.75. The minimum Gasteiger partial charge on any atom is -0.478 e. The zero-order chi connectivity index (χ0) is 12.3. The van der Waals surface area contributed by atoms with Crippen molar-refractivity contribution in [2.24, 2.45) is 0 Å². The molecule has 0 atom stereocenters. The van der Waals surface area contributed by atoms with Crippen LogP contribution in [0.2, 0.25) is 0 Å². The molecule has 0 aliphatic carbocycles. The molecule has 0 aromatic heterocycles. The molecule has 3 heteroatoms. The largest absolute Gasteiger partial charge is 0.478 e. The van der Waals surface area contributed by atoms with E-state index in [1.807, 2.05) is 54.6 Å². The van der Waals surface area contributed by atoms with E-state index in [1.165, 1.54) is 0 Å². The molecule has 0 fully saturated rings. The summed E-state index contributed by atoms with van der Waals surface area (Å²) in [6, 6.07) is 5.28.